The summed E-state index contributed by atoms with van der Waals surface area (Å²) in [7, 11) is 0. The van der Waals surface area contributed by atoms with Gasteiger partial charge in [0, 0.05) is 24.6 Å². The smallest absolute Gasteiger partial charge is 0.164 e. The molecule has 0 saturated heterocycles. The molecule has 0 N–H and O–H groups in total. The van der Waals surface area contributed by atoms with Gasteiger partial charge >= 0.3 is 0 Å². The number of hydrogen-bond acceptors (Lipinski definition) is 2. The van der Waals surface area contributed by atoms with Gasteiger partial charge in [-0.05, 0) is 38.9 Å². The van der Waals surface area contributed by atoms with Crippen molar-refractivity contribution in [3.8, 4) is 0 Å². The molecule has 3 heteroatoms. The predicted octanol–water partition coefficient (Wildman–Crippen LogP) is 3.52. The van der Waals surface area contributed by atoms with Crippen molar-refractivity contribution in [1.82, 2.24) is 4.90 Å². The molecule has 18 heavy (non-hydrogen) atoms. The second-order valence-electron chi connectivity index (χ2n) is 4.81. The molecule has 100 valence electrons. The van der Waals surface area contributed by atoms with Crippen molar-refractivity contribution in [2.45, 2.75) is 39.7 Å². The molecule has 0 amide bonds. The zero-order valence-electron chi connectivity index (χ0n) is 11.4. The van der Waals surface area contributed by atoms with Crippen LogP contribution >= 0.6 is 0 Å². The summed E-state index contributed by atoms with van der Waals surface area (Å²) in [6, 6.07) is 6.35. The van der Waals surface area contributed by atoms with Crippen LogP contribution in [-0.2, 0) is 0 Å². The van der Waals surface area contributed by atoms with Crippen LogP contribution in [0, 0.1) is 5.82 Å². The summed E-state index contributed by atoms with van der Waals surface area (Å²) in [6.07, 6.45) is 1.52. The van der Waals surface area contributed by atoms with E-state index in [0.29, 0.717) is 18.0 Å². The van der Waals surface area contributed by atoms with Crippen molar-refractivity contribution in [1.29, 1.82) is 0 Å². The maximum atomic E-state index is 13.0. The fourth-order valence-corrected chi connectivity index (χ4v) is 1.97. The molecule has 0 unspecified atom stereocenters. The van der Waals surface area contributed by atoms with Crippen LogP contribution in [0.2, 0.25) is 0 Å². The van der Waals surface area contributed by atoms with E-state index in [1.54, 1.807) is 12.1 Å². The van der Waals surface area contributed by atoms with E-state index in [4.69, 9.17) is 0 Å². The number of nitrogens with zero attached hydrogens (tertiary/aromatic N) is 1. The molecule has 0 aliphatic carbocycles. The zero-order chi connectivity index (χ0) is 13.5. The second kappa shape index (κ2) is 7.27. The molecular formula is C15H22FNO. The molecule has 0 saturated carbocycles. The molecule has 0 spiro atoms. The minimum atomic E-state index is -0.352. The third-order valence-corrected chi connectivity index (χ3v) is 3.01. The van der Waals surface area contributed by atoms with Crippen molar-refractivity contribution in [3.05, 3.63) is 35.6 Å². The van der Waals surface area contributed by atoms with Gasteiger partial charge in [-0.2, -0.15) is 0 Å². The van der Waals surface area contributed by atoms with Gasteiger partial charge < -0.3 is 4.90 Å². The number of carbonyl (C=O) groups excluding carboxylic acids is 1. The zero-order valence-corrected chi connectivity index (χ0v) is 11.4. The van der Waals surface area contributed by atoms with Gasteiger partial charge in [-0.15, -0.1) is 0 Å². The van der Waals surface area contributed by atoms with Crippen LogP contribution < -0.4 is 0 Å². The minimum absolute atomic E-state index is 0.0104. The number of carbonyl (C=O) groups is 1. The average Bonchev–Trinajstić information content (AvgIpc) is 2.33. The van der Waals surface area contributed by atoms with Crippen LogP contribution in [0.15, 0.2) is 24.3 Å². The monoisotopic (exact) mass is 251 g/mol. The molecule has 0 atom stereocenters. The van der Waals surface area contributed by atoms with Crippen LogP contribution in [0.1, 0.15) is 44.0 Å². The van der Waals surface area contributed by atoms with Gasteiger partial charge in [0.2, 0.25) is 0 Å². The fourth-order valence-electron chi connectivity index (χ4n) is 1.97. The summed E-state index contributed by atoms with van der Waals surface area (Å²) in [5.74, 6) is -0.341. The molecule has 1 aromatic carbocycles. The molecule has 0 bridgehead atoms. The van der Waals surface area contributed by atoms with E-state index in [1.807, 2.05) is 0 Å². The Hall–Kier alpha value is -1.22. The molecule has 0 heterocycles. The van der Waals surface area contributed by atoms with Crippen LogP contribution in [0.4, 0.5) is 4.39 Å². The van der Waals surface area contributed by atoms with Crippen LogP contribution in [-0.4, -0.2) is 29.8 Å². The Kier molecular flexibility index (Phi) is 5.99. The van der Waals surface area contributed by atoms with E-state index in [9.17, 15) is 9.18 Å². The van der Waals surface area contributed by atoms with Crippen LogP contribution in [0.25, 0.3) is 0 Å². The Bertz CT molecular complexity index is 390. The summed E-state index contributed by atoms with van der Waals surface area (Å²) in [6.45, 7) is 8.11. The lowest BCUT2D eigenvalue weighted by atomic mass is 10.1. The highest BCUT2D eigenvalue weighted by atomic mass is 19.1. The first-order chi connectivity index (χ1) is 8.54. The SMILES string of the molecule is CCCN(CCC(=O)c1cccc(F)c1)C(C)C. The van der Waals surface area contributed by atoms with Gasteiger partial charge in [-0.1, -0.05) is 19.1 Å². The van der Waals surface area contributed by atoms with E-state index in [-0.39, 0.29) is 11.6 Å². The number of halogens is 1. The van der Waals surface area contributed by atoms with Crippen molar-refractivity contribution >= 4 is 5.78 Å². The van der Waals surface area contributed by atoms with Crippen molar-refractivity contribution < 1.29 is 9.18 Å². The maximum Gasteiger partial charge on any atom is 0.164 e. The standard InChI is InChI=1S/C15H22FNO/c1-4-9-17(12(2)3)10-8-15(18)13-6-5-7-14(16)11-13/h5-7,11-12H,4,8-10H2,1-3H3. The first-order valence-electron chi connectivity index (χ1n) is 6.57. The van der Waals surface area contributed by atoms with Gasteiger partial charge in [-0.3, -0.25) is 4.79 Å². The molecule has 1 aromatic rings. The Morgan fingerprint density at radius 3 is 2.61 bits per heavy atom. The number of ketones is 1. The van der Waals surface area contributed by atoms with Gasteiger partial charge in [0.25, 0.3) is 0 Å². The number of benzene rings is 1. The summed E-state index contributed by atoms with van der Waals surface area (Å²) in [4.78, 5) is 14.2. The molecule has 2 nitrogen and oxygen atoms in total. The van der Waals surface area contributed by atoms with Gasteiger partial charge in [0.05, 0.1) is 0 Å². The molecular weight excluding hydrogens is 229 g/mol. The van der Waals surface area contributed by atoms with Crippen LogP contribution in [0.3, 0.4) is 0 Å². The largest absolute Gasteiger partial charge is 0.300 e. The van der Waals surface area contributed by atoms with E-state index in [0.717, 1.165) is 19.5 Å². The minimum Gasteiger partial charge on any atom is -0.300 e. The first-order valence-corrected chi connectivity index (χ1v) is 6.57. The number of Topliss-reactive ketones (excluding diaryl/α,β-unsaturated/α-hetero) is 1. The second-order valence-corrected chi connectivity index (χ2v) is 4.81. The predicted molar refractivity (Wildman–Crippen MR) is 72.3 cm³/mol. The highest BCUT2D eigenvalue weighted by Gasteiger charge is 2.12. The van der Waals surface area contributed by atoms with E-state index in [2.05, 4.69) is 25.7 Å². The molecule has 1 rings (SSSR count). The number of hydrogen-bond donors (Lipinski definition) is 0. The van der Waals surface area contributed by atoms with Gasteiger partial charge in [0.15, 0.2) is 5.78 Å². The Morgan fingerprint density at radius 2 is 2.06 bits per heavy atom. The van der Waals surface area contributed by atoms with E-state index < -0.39 is 0 Å². The summed E-state index contributed by atoms with van der Waals surface area (Å²) < 4.78 is 13.0. The lowest BCUT2D eigenvalue weighted by molar-refractivity contribution is 0.0955. The third kappa shape index (κ3) is 4.57. The maximum absolute atomic E-state index is 13.0. The number of rotatable bonds is 7. The van der Waals surface area contributed by atoms with Gasteiger partial charge in [-0.25, -0.2) is 4.39 Å². The highest BCUT2D eigenvalue weighted by Crippen LogP contribution is 2.08. The third-order valence-electron chi connectivity index (χ3n) is 3.01. The lowest BCUT2D eigenvalue weighted by Gasteiger charge is -2.25. The van der Waals surface area contributed by atoms with E-state index in [1.165, 1.54) is 12.1 Å². The molecule has 0 radical (unpaired) electrons. The van der Waals surface area contributed by atoms with Crippen molar-refractivity contribution in [2.75, 3.05) is 13.1 Å². The normalized spacial score (nSPS) is 11.2. The van der Waals surface area contributed by atoms with E-state index >= 15 is 0 Å². The average molecular weight is 251 g/mol. The Labute approximate surface area is 109 Å². The molecule has 0 aliphatic heterocycles. The summed E-state index contributed by atoms with van der Waals surface area (Å²) in [5, 5.41) is 0. The van der Waals surface area contributed by atoms with Crippen LogP contribution in [0.5, 0.6) is 0 Å². The fraction of sp³-hybridized carbons (Fsp3) is 0.533. The van der Waals surface area contributed by atoms with Gasteiger partial charge in [0.1, 0.15) is 5.82 Å². The summed E-state index contributed by atoms with van der Waals surface area (Å²) >= 11 is 0. The molecule has 0 aliphatic rings. The Balaban J connectivity index is 2.54. The first kappa shape index (κ1) is 14.8. The topological polar surface area (TPSA) is 20.3 Å². The highest BCUT2D eigenvalue weighted by molar-refractivity contribution is 5.96. The molecule has 0 fully saturated rings. The molecule has 0 aromatic heterocycles. The Morgan fingerprint density at radius 1 is 1.33 bits per heavy atom. The summed E-state index contributed by atoms with van der Waals surface area (Å²) in [5.41, 5.74) is 0.468. The lowest BCUT2D eigenvalue weighted by Crippen LogP contribution is -2.33. The van der Waals surface area contributed by atoms with Crippen molar-refractivity contribution in [3.63, 3.8) is 0 Å². The quantitative estimate of drug-likeness (QED) is 0.691. The van der Waals surface area contributed by atoms with Crippen molar-refractivity contribution in [2.24, 2.45) is 0 Å².